The number of carbonyl (C=O) groups excluding carboxylic acids is 2. The molecule has 3 aliphatic heterocycles. The van der Waals surface area contributed by atoms with E-state index in [2.05, 4.69) is 23.4 Å². The number of aliphatic hydroxyl groups excluding tert-OH is 1. The van der Waals surface area contributed by atoms with Crippen LogP contribution in [0.1, 0.15) is 43.2 Å². The summed E-state index contributed by atoms with van der Waals surface area (Å²) >= 11 is 0. The molecule has 38 heavy (non-hydrogen) atoms. The maximum absolute atomic E-state index is 13.0. The Balaban J connectivity index is 0.00000168. The van der Waals surface area contributed by atoms with Crippen molar-refractivity contribution < 1.29 is 24.2 Å². The molecule has 0 radical (unpaired) electrons. The van der Waals surface area contributed by atoms with Crippen molar-refractivity contribution in [1.29, 1.82) is 0 Å². The summed E-state index contributed by atoms with van der Waals surface area (Å²) in [6.07, 6.45) is 8.56. The van der Waals surface area contributed by atoms with Gasteiger partial charge in [0.2, 0.25) is 0 Å². The number of amides is 2. The van der Waals surface area contributed by atoms with E-state index in [4.69, 9.17) is 9.47 Å². The molecule has 5 atom stereocenters. The highest BCUT2D eigenvalue weighted by atomic mass is 35.5. The first kappa shape index (κ1) is 29.0. The lowest BCUT2D eigenvalue weighted by atomic mass is 9.53. The first-order chi connectivity index (χ1) is 17.4. The van der Waals surface area contributed by atoms with Crippen molar-refractivity contribution in [2.45, 2.75) is 62.2 Å². The van der Waals surface area contributed by atoms with Crippen molar-refractivity contribution in [3.63, 3.8) is 0 Å². The van der Waals surface area contributed by atoms with Gasteiger partial charge in [0.15, 0.2) is 11.5 Å². The molecular weight excluding hydrogens is 531 g/mol. The number of hydrazine groups is 1. The van der Waals surface area contributed by atoms with Crippen molar-refractivity contribution in [1.82, 2.24) is 20.2 Å². The summed E-state index contributed by atoms with van der Waals surface area (Å²) in [5.41, 5.74) is 4.90. The molecule has 2 fully saturated rings. The minimum atomic E-state index is -0.711. The third kappa shape index (κ3) is 4.66. The summed E-state index contributed by atoms with van der Waals surface area (Å²) in [7, 11) is 3.73. The van der Waals surface area contributed by atoms with Gasteiger partial charge in [0, 0.05) is 43.1 Å². The first-order valence-electron chi connectivity index (χ1n) is 13.3. The van der Waals surface area contributed by atoms with Gasteiger partial charge in [0.25, 0.3) is 5.91 Å². The highest BCUT2D eigenvalue weighted by Gasteiger charge is 2.64. The lowest BCUT2D eigenvalue weighted by Gasteiger charge is -2.56. The Hall–Kier alpha value is -2.04. The summed E-state index contributed by atoms with van der Waals surface area (Å²) in [5, 5.41) is 12.8. The van der Waals surface area contributed by atoms with E-state index in [0.717, 1.165) is 50.9 Å². The fraction of sp³-hybridized carbons (Fsp3) is 0.630. The molecule has 2 bridgehead atoms. The lowest BCUT2D eigenvalue weighted by molar-refractivity contribution is -0.126. The van der Waals surface area contributed by atoms with Crippen LogP contribution >= 0.6 is 24.8 Å². The van der Waals surface area contributed by atoms with E-state index in [1.807, 2.05) is 17.2 Å². The lowest BCUT2D eigenvalue weighted by Crippen LogP contribution is -2.64. The second-order valence-electron chi connectivity index (χ2n) is 11.1. The van der Waals surface area contributed by atoms with E-state index >= 15 is 0 Å². The van der Waals surface area contributed by atoms with Crippen LogP contribution in [0.4, 0.5) is 4.79 Å². The molecule has 2 aliphatic carbocycles. The number of likely N-dealkylation sites (tertiary alicyclic amines) is 1. The molecule has 5 aliphatic rings. The zero-order valence-corrected chi connectivity index (χ0v) is 23.6. The minimum absolute atomic E-state index is 0. The van der Waals surface area contributed by atoms with E-state index < -0.39 is 18.3 Å². The second-order valence-corrected chi connectivity index (χ2v) is 11.1. The van der Waals surface area contributed by atoms with Crippen LogP contribution in [0.2, 0.25) is 0 Å². The zero-order chi connectivity index (χ0) is 25.0. The highest BCUT2D eigenvalue weighted by Crippen LogP contribution is 2.62. The number of benzene rings is 1. The molecule has 2 amide bonds. The predicted octanol–water partition coefficient (Wildman–Crippen LogP) is 2.67. The van der Waals surface area contributed by atoms with Gasteiger partial charge in [-0.1, -0.05) is 31.1 Å². The molecule has 1 aromatic rings. The number of ether oxygens (including phenoxy) is 2. The van der Waals surface area contributed by atoms with Crippen LogP contribution in [0.25, 0.3) is 0 Å². The van der Waals surface area contributed by atoms with Crippen LogP contribution in [0, 0.1) is 5.92 Å². The summed E-state index contributed by atoms with van der Waals surface area (Å²) < 4.78 is 12.2. The number of piperidine rings is 1. The zero-order valence-electron chi connectivity index (χ0n) is 21.9. The topological polar surface area (TPSA) is 94.6 Å². The number of nitrogens with one attached hydrogen (secondary N) is 1. The quantitative estimate of drug-likeness (QED) is 0.539. The Morgan fingerprint density at radius 2 is 1.89 bits per heavy atom. The van der Waals surface area contributed by atoms with E-state index in [0.29, 0.717) is 17.5 Å². The number of aliphatic hydroxyl groups is 1. The Labute approximate surface area is 236 Å². The van der Waals surface area contributed by atoms with Crippen LogP contribution in [-0.4, -0.2) is 90.4 Å². The molecule has 2 unspecified atom stereocenters. The number of rotatable bonds is 4. The Kier molecular flexibility index (Phi) is 8.55. The van der Waals surface area contributed by atoms with Gasteiger partial charge >= 0.3 is 6.09 Å². The molecule has 6 rings (SSSR count). The Bertz CT molecular complexity index is 1100. The number of carbonyl (C=O) groups is 2. The maximum Gasteiger partial charge on any atom is 0.415 e. The largest absolute Gasteiger partial charge is 0.482 e. The summed E-state index contributed by atoms with van der Waals surface area (Å²) in [5.74, 6) is 0.936. The Morgan fingerprint density at radius 1 is 1.16 bits per heavy atom. The molecule has 1 aromatic carbocycles. The minimum Gasteiger partial charge on any atom is -0.482 e. The van der Waals surface area contributed by atoms with E-state index in [-0.39, 0.29) is 48.6 Å². The van der Waals surface area contributed by atoms with Crippen LogP contribution in [0.15, 0.2) is 24.3 Å². The Morgan fingerprint density at radius 3 is 2.63 bits per heavy atom. The molecule has 2 saturated heterocycles. The average Bonchev–Trinajstić information content (AvgIpc) is 3.00. The van der Waals surface area contributed by atoms with Crippen molar-refractivity contribution in [2.24, 2.45) is 5.92 Å². The highest BCUT2D eigenvalue weighted by molar-refractivity contribution is 5.85. The fourth-order valence-corrected chi connectivity index (χ4v) is 7.15. The van der Waals surface area contributed by atoms with Crippen LogP contribution in [0.5, 0.6) is 11.5 Å². The van der Waals surface area contributed by atoms with E-state index in [1.165, 1.54) is 23.3 Å². The van der Waals surface area contributed by atoms with Crippen LogP contribution in [0.3, 0.4) is 0 Å². The van der Waals surface area contributed by atoms with Gasteiger partial charge in [0.1, 0.15) is 18.8 Å². The number of nitrogens with zero attached hydrogens (tertiary/aromatic N) is 3. The second kappa shape index (κ2) is 11.2. The molecule has 210 valence electrons. The van der Waals surface area contributed by atoms with Gasteiger partial charge in [-0.25, -0.2) is 9.80 Å². The van der Waals surface area contributed by atoms with Crippen LogP contribution in [-0.2, 0) is 16.6 Å². The smallest absolute Gasteiger partial charge is 0.415 e. The normalized spacial score (nSPS) is 31.0. The average molecular weight is 570 g/mol. The molecule has 0 saturated carbocycles. The molecule has 3 heterocycles. The molecule has 1 spiro atoms. The van der Waals surface area contributed by atoms with Crippen molar-refractivity contribution in [3.05, 3.63) is 35.4 Å². The number of likely N-dealkylation sites (N-methyl/N-ethyl adjacent to an activating group) is 2. The first-order valence-corrected chi connectivity index (χ1v) is 13.3. The van der Waals surface area contributed by atoms with Gasteiger partial charge in [0.05, 0.1) is 0 Å². The van der Waals surface area contributed by atoms with Gasteiger partial charge in [-0.3, -0.25) is 10.2 Å². The monoisotopic (exact) mass is 568 g/mol. The van der Waals surface area contributed by atoms with E-state index in [9.17, 15) is 14.7 Å². The van der Waals surface area contributed by atoms with E-state index in [1.54, 1.807) is 13.1 Å². The summed E-state index contributed by atoms with van der Waals surface area (Å²) in [6, 6.07) is 4.18. The molecule has 0 aromatic heterocycles. The van der Waals surface area contributed by atoms with Gasteiger partial charge in [-0.2, -0.15) is 0 Å². The van der Waals surface area contributed by atoms with Gasteiger partial charge in [-0.05, 0) is 50.9 Å². The number of hydrogen-bond donors (Lipinski definition) is 2. The fourth-order valence-electron chi connectivity index (χ4n) is 7.15. The molecule has 11 heteroatoms. The SMILES string of the molecule is CN(CC(=O)NN1CCCCCC1)C(=O)Oc1ccc2c3c1O[C@H]1[C@@H](O)C=CC4C(C2)N(C)CC[C@@]341.Cl.Cl. The van der Waals surface area contributed by atoms with Gasteiger partial charge in [-0.15, -0.1) is 24.8 Å². The molecule has 2 N–H and O–H groups in total. The predicted molar refractivity (Wildman–Crippen MR) is 147 cm³/mol. The van der Waals surface area contributed by atoms with Crippen molar-refractivity contribution >= 4 is 36.8 Å². The number of hydrogen-bond acceptors (Lipinski definition) is 7. The molecule has 9 nitrogen and oxygen atoms in total. The van der Waals surface area contributed by atoms with Crippen molar-refractivity contribution in [2.75, 3.05) is 40.3 Å². The maximum atomic E-state index is 13.0. The summed E-state index contributed by atoms with van der Waals surface area (Å²) in [4.78, 5) is 29.2. The standard InChI is InChI=1S/C27H36N4O5.2ClH/c1-29-14-11-27-18-8-9-20(32)25(27)36-24-21(10-7-17(23(24)27)15-19(18)29)35-26(34)30(2)16-22(33)28-31-12-5-3-4-6-13-31;;/h7-10,18-20,25,32H,3-6,11-16H2,1-2H3,(H,28,33);2*1H/t18?,19?,20-,25-,27-;;/m0../s1. The third-order valence-corrected chi connectivity index (χ3v) is 8.91. The molecular formula is C27H38Cl2N4O5. The van der Waals surface area contributed by atoms with Gasteiger partial charge < -0.3 is 24.4 Å². The third-order valence-electron chi connectivity index (χ3n) is 8.91. The van der Waals surface area contributed by atoms with Crippen molar-refractivity contribution in [3.8, 4) is 11.5 Å². The van der Waals surface area contributed by atoms with Crippen LogP contribution < -0.4 is 14.9 Å². The summed E-state index contributed by atoms with van der Waals surface area (Å²) in [6.45, 7) is 2.50. The number of halogens is 2.